The maximum atomic E-state index is 4.07. The Morgan fingerprint density at radius 3 is 1.56 bits per heavy atom. The number of benzene rings is 4. The minimum atomic E-state index is 0. The van der Waals surface area contributed by atoms with E-state index in [-0.39, 0.29) is 7.43 Å². The van der Waals surface area contributed by atoms with Crippen molar-refractivity contribution < 1.29 is 0 Å². The lowest BCUT2D eigenvalue weighted by Gasteiger charge is -2.17. The zero-order valence-corrected chi connectivity index (χ0v) is 41.9. The van der Waals surface area contributed by atoms with Gasteiger partial charge in [0.25, 0.3) is 0 Å². The van der Waals surface area contributed by atoms with E-state index in [1.165, 1.54) is 77.2 Å². The lowest BCUT2D eigenvalue weighted by atomic mass is 9.87. The summed E-state index contributed by atoms with van der Waals surface area (Å²) in [6.07, 6.45) is 17.3. The molecule has 0 heterocycles. The van der Waals surface area contributed by atoms with Crippen molar-refractivity contribution in [3.8, 4) is 0 Å². The van der Waals surface area contributed by atoms with Crippen molar-refractivity contribution in [3.63, 3.8) is 0 Å². The van der Waals surface area contributed by atoms with Gasteiger partial charge in [0, 0.05) is 0 Å². The first-order valence-corrected chi connectivity index (χ1v) is 22.2. The molecular formula is C59H94. The topological polar surface area (TPSA) is 0 Å². The Morgan fingerprint density at radius 1 is 0.644 bits per heavy atom. The number of aryl methyl sites for hydroxylation is 2. The molecule has 0 unspecified atom stereocenters. The van der Waals surface area contributed by atoms with Gasteiger partial charge in [0.1, 0.15) is 0 Å². The van der Waals surface area contributed by atoms with Crippen molar-refractivity contribution in [2.45, 2.75) is 159 Å². The van der Waals surface area contributed by atoms with Gasteiger partial charge in [-0.15, -0.1) is 6.58 Å². The predicted molar refractivity (Wildman–Crippen MR) is 288 cm³/mol. The van der Waals surface area contributed by atoms with Gasteiger partial charge >= 0.3 is 0 Å². The van der Waals surface area contributed by atoms with Crippen molar-refractivity contribution >= 4 is 44.3 Å². The molecule has 0 atom stereocenters. The van der Waals surface area contributed by atoms with Crippen LogP contribution in [-0.2, 0) is 0 Å². The summed E-state index contributed by atoms with van der Waals surface area (Å²) in [5, 5.41) is 5.17. The number of fused-ring (bicyclic) bond motifs is 3. The molecule has 0 amide bonds. The standard InChI is InChI=1S/C22H20.C21H28.C3H6.6C2H6.CH4/c1-5-6-9-18-16(4)22-14-17(15(2)3)12-13-21(22)20-11-8-7-10-19(18)20;1-8-11-18(12-9-2)20-14-13-16(6)21(17(20)7)19(10-3)15(4)5;1-3-2;6*1-2;/h5-14H,1-2H2,3-4H3;8,10-14H,3,9H2,1-2,4-7H3;3H,1H2,2H3;6*1-2H3;1H4/b9-6-;11-8-,18-12+;;;;;;;;. The third-order valence-electron chi connectivity index (χ3n) is 7.99. The molecule has 0 saturated heterocycles. The molecule has 0 N–H and O–H groups in total. The molecule has 0 nitrogen and oxygen atoms in total. The molecule has 0 aromatic heterocycles. The highest BCUT2D eigenvalue weighted by atomic mass is 14.2. The minimum Gasteiger partial charge on any atom is -0.103 e. The summed E-state index contributed by atoms with van der Waals surface area (Å²) in [6, 6.07) is 19.7. The third kappa shape index (κ3) is 21.8. The van der Waals surface area contributed by atoms with Gasteiger partial charge in [-0.1, -0.05) is 225 Å². The number of hydrogen-bond acceptors (Lipinski definition) is 0. The fraction of sp³-hybridized carbons (Fsp3) is 0.390. The Labute approximate surface area is 370 Å². The summed E-state index contributed by atoms with van der Waals surface area (Å²) in [5.41, 5.74) is 14.0. The molecule has 0 saturated carbocycles. The van der Waals surface area contributed by atoms with Gasteiger partial charge in [-0.2, -0.15) is 0 Å². The fourth-order valence-electron chi connectivity index (χ4n) is 5.83. The first kappa shape index (κ1) is 66.1. The van der Waals surface area contributed by atoms with E-state index < -0.39 is 0 Å². The highest BCUT2D eigenvalue weighted by molar-refractivity contribution is 6.13. The van der Waals surface area contributed by atoms with Crippen LogP contribution in [0.25, 0.3) is 44.3 Å². The van der Waals surface area contributed by atoms with Crippen LogP contribution in [0, 0.1) is 20.8 Å². The van der Waals surface area contributed by atoms with Gasteiger partial charge in [0.15, 0.2) is 0 Å². The molecule has 0 heteroatoms. The summed E-state index contributed by atoms with van der Waals surface area (Å²) in [5.74, 6) is 0. The first-order chi connectivity index (χ1) is 28.0. The lowest BCUT2D eigenvalue weighted by Crippen LogP contribution is -1.98. The van der Waals surface area contributed by atoms with Crippen LogP contribution in [0.15, 0.2) is 129 Å². The molecule has 4 aromatic carbocycles. The summed E-state index contributed by atoms with van der Waals surface area (Å²) < 4.78 is 0. The van der Waals surface area contributed by atoms with E-state index in [1.54, 1.807) is 6.08 Å². The molecular weight excluding hydrogens is 709 g/mol. The highest BCUT2D eigenvalue weighted by Gasteiger charge is 2.13. The van der Waals surface area contributed by atoms with Gasteiger partial charge in [0.2, 0.25) is 0 Å². The summed E-state index contributed by atoms with van der Waals surface area (Å²) in [7, 11) is 0. The van der Waals surface area contributed by atoms with Crippen LogP contribution < -0.4 is 0 Å². The van der Waals surface area contributed by atoms with Crippen molar-refractivity contribution in [1.29, 1.82) is 0 Å². The molecule has 0 fully saturated rings. The summed E-state index contributed by atoms with van der Waals surface area (Å²) >= 11 is 0. The smallest absolute Gasteiger partial charge is 0.00992 e. The average Bonchev–Trinajstić information content (AvgIpc) is 3.27. The lowest BCUT2D eigenvalue weighted by molar-refractivity contribution is 1.22. The molecule has 59 heavy (non-hydrogen) atoms. The number of hydrogen-bond donors (Lipinski definition) is 0. The molecule has 4 rings (SSSR count). The molecule has 0 aliphatic rings. The molecule has 0 bridgehead atoms. The van der Waals surface area contributed by atoms with Gasteiger partial charge < -0.3 is 0 Å². The number of allylic oxidation sites excluding steroid dienone is 11. The van der Waals surface area contributed by atoms with E-state index in [0.717, 1.165) is 12.0 Å². The second-order valence-electron chi connectivity index (χ2n) is 11.7. The van der Waals surface area contributed by atoms with Crippen LogP contribution in [0.2, 0.25) is 0 Å². The number of rotatable bonds is 8. The van der Waals surface area contributed by atoms with Gasteiger partial charge in [0.05, 0.1) is 0 Å². The van der Waals surface area contributed by atoms with Crippen molar-refractivity contribution in [3.05, 3.63) is 168 Å². The summed E-state index contributed by atoms with van der Waals surface area (Å²) in [4.78, 5) is 0. The average molecular weight is 803 g/mol. The second-order valence-corrected chi connectivity index (χ2v) is 11.7. The van der Waals surface area contributed by atoms with Gasteiger partial charge in [-0.25, -0.2) is 0 Å². The van der Waals surface area contributed by atoms with Crippen LogP contribution >= 0.6 is 0 Å². The van der Waals surface area contributed by atoms with E-state index in [4.69, 9.17) is 0 Å². The Balaban J connectivity index is -0.000000178. The first-order valence-electron chi connectivity index (χ1n) is 22.2. The van der Waals surface area contributed by atoms with Crippen molar-refractivity contribution in [1.82, 2.24) is 0 Å². The SMILES string of the molecule is C.C=C/C=C\c1c(C)c2cc(C(=C)C)ccc2c2ccccc12.C=CC.C=CC(=C(C)C)c1c(C)ccc(C(/C=C\C)=C/CC)c1C.CC.CC.CC.CC.CC.CC. The van der Waals surface area contributed by atoms with Crippen LogP contribution in [0.3, 0.4) is 0 Å². The van der Waals surface area contributed by atoms with Gasteiger partial charge in [-0.3, -0.25) is 0 Å². The van der Waals surface area contributed by atoms with Gasteiger partial charge in [-0.05, 0) is 140 Å². The summed E-state index contributed by atoms with van der Waals surface area (Å²) in [6.45, 7) is 58.3. The normalized spacial score (nSPS) is 9.27. The molecule has 0 aliphatic heterocycles. The third-order valence-corrected chi connectivity index (χ3v) is 7.99. The van der Waals surface area contributed by atoms with E-state index in [9.17, 15) is 0 Å². The zero-order chi connectivity index (χ0) is 46.4. The van der Waals surface area contributed by atoms with E-state index in [1.807, 2.05) is 108 Å². The van der Waals surface area contributed by atoms with Crippen molar-refractivity contribution in [2.24, 2.45) is 0 Å². The Morgan fingerprint density at radius 2 is 1.14 bits per heavy atom. The fourth-order valence-corrected chi connectivity index (χ4v) is 5.83. The van der Waals surface area contributed by atoms with E-state index in [2.05, 4.69) is 161 Å². The molecule has 0 spiro atoms. The predicted octanol–water partition coefficient (Wildman–Crippen LogP) is 21.2. The second kappa shape index (κ2) is 42.9. The highest BCUT2D eigenvalue weighted by Crippen LogP contribution is 2.35. The van der Waals surface area contributed by atoms with E-state index in [0.29, 0.717) is 0 Å². The Hall–Kier alpha value is -4.68. The maximum absolute atomic E-state index is 4.07. The maximum Gasteiger partial charge on any atom is -0.00992 e. The van der Waals surface area contributed by atoms with Crippen molar-refractivity contribution in [2.75, 3.05) is 0 Å². The van der Waals surface area contributed by atoms with Crippen LogP contribution in [0.4, 0.5) is 0 Å². The molecule has 330 valence electrons. The van der Waals surface area contributed by atoms with Crippen LogP contribution in [-0.4, -0.2) is 0 Å². The quantitative estimate of drug-likeness (QED) is 0.0946. The Bertz CT molecular complexity index is 1840. The zero-order valence-electron chi connectivity index (χ0n) is 41.9. The Kier molecular flexibility index (Phi) is 48.1. The largest absolute Gasteiger partial charge is 0.103 e. The van der Waals surface area contributed by atoms with Crippen LogP contribution in [0.1, 0.15) is 177 Å². The minimum absolute atomic E-state index is 0. The monoisotopic (exact) mass is 803 g/mol. The van der Waals surface area contributed by atoms with Crippen LogP contribution in [0.5, 0.6) is 0 Å². The molecule has 0 aliphatic carbocycles. The van der Waals surface area contributed by atoms with E-state index >= 15 is 0 Å². The molecule has 4 aromatic rings. The molecule has 0 radical (unpaired) electrons.